The molecule has 0 aliphatic rings. The van der Waals surface area contributed by atoms with Crippen LogP contribution in [0, 0.1) is 5.92 Å². The highest BCUT2D eigenvalue weighted by Crippen LogP contribution is 2.28. The Morgan fingerprint density at radius 1 is 1.23 bits per heavy atom. The van der Waals surface area contributed by atoms with Gasteiger partial charge < -0.3 is 13.9 Å². The Morgan fingerprint density at radius 2 is 1.90 bits per heavy atom. The Hall–Kier alpha value is -3.09. The van der Waals surface area contributed by atoms with E-state index in [1.165, 1.54) is 19.2 Å². The number of pyridine rings is 1. The number of nitrogens with zero attached hydrogens (tertiary/aromatic N) is 2. The molecule has 0 aliphatic carbocycles. The van der Waals surface area contributed by atoms with E-state index in [1.54, 1.807) is 0 Å². The SMILES string of the molecule is CNC(=O)N(CC(C)C)C(=O)c1ccc(-c2ccc(OS(=O)(=O)C(F)(F)F)cn2)o1. The van der Waals surface area contributed by atoms with Crippen LogP contribution in [0.3, 0.4) is 0 Å². The minimum absolute atomic E-state index is 0.00266. The molecule has 0 saturated carbocycles. The molecule has 2 aromatic heterocycles. The van der Waals surface area contributed by atoms with Crippen LogP contribution in [0.1, 0.15) is 24.4 Å². The standard InChI is InChI=1S/C17H18F3N3O6S/c1-10(2)9-23(16(25)21-3)15(24)14-7-6-13(28-14)12-5-4-11(8-22-12)29-30(26,27)17(18,19)20/h4-8,10H,9H2,1-3H3,(H,21,25). The summed E-state index contributed by atoms with van der Waals surface area (Å²) in [6, 6.07) is 4.18. The molecule has 0 spiro atoms. The second kappa shape index (κ2) is 8.73. The Balaban J connectivity index is 2.21. The fourth-order valence-corrected chi connectivity index (χ4v) is 2.68. The van der Waals surface area contributed by atoms with Gasteiger partial charge in [0.05, 0.1) is 6.20 Å². The first-order valence-electron chi connectivity index (χ1n) is 8.46. The van der Waals surface area contributed by atoms with Crippen LogP contribution in [-0.2, 0) is 10.1 Å². The number of aromatic nitrogens is 1. The highest BCUT2D eigenvalue weighted by atomic mass is 32.2. The highest BCUT2D eigenvalue weighted by molar-refractivity contribution is 7.88. The van der Waals surface area contributed by atoms with E-state index in [4.69, 9.17) is 4.42 Å². The molecule has 13 heteroatoms. The van der Waals surface area contributed by atoms with E-state index in [0.717, 1.165) is 23.2 Å². The molecule has 0 radical (unpaired) electrons. The van der Waals surface area contributed by atoms with Crippen LogP contribution >= 0.6 is 0 Å². The molecule has 0 atom stereocenters. The maximum absolute atomic E-state index is 12.6. The number of hydrogen-bond acceptors (Lipinski definition) is 7. The summed E-state index contributed by atoms with van der Waals surface area (Å²) in [5.74, 6) is -1.42. The Bertz CT molecular complexity index is 1020. The first-order valence-corrected chi connectivity index (χ1v) is 9.87. The molecule has 0 aromatic carbocycles. The van der Waals surface area contributed by atoms with Gasteiger partial charge in [0.15, 0.2) is 17.3 Å². The fraction of sp³-hybridized carbons (Fsp3) is 0.353. The highest BCUT2D eigenvalue weighted by Gasteiger charge is 2.48. The first-order chi connectivity index (χ1) is 13.9. The zero-order valence-corrected chi connectivity index (χ0v) is 16.9. The number of imide groups is 1. The first kappa shape index (κ1) is 23.2. The molecule has 2 aromatic rings. The quantitative estimate of drug-likeness (QED) is 0.532. The van der Waals surface area contributed by atoms with Crippen molar-refractivity contribution in [3.8, 4) is 17.2 Å². The predicted molar refractivity (Wildman–Crippen MR) is 97.9 cm³/mol. The van der Waals surface area contributed by atoms with Gasteiger partial charge in [0.25, 0.3) is 5.91 Å². The lowest BCUT2D eigenvalue weighted by molar-refractivity contribution is -0.0500. The monoisotopic (exact) mass is 449 g/mol. The van der Waals surface area contributed by atoms with Crippen molar-refractivity contribution >= 4 is 22.1 Å². The predicted octanol–water partition coefficient (Wildman–Crippen LogP) is 3.01. The molecule has 0 fully saturated rings. The fourth-order valence-electron chi connectivity index (χ4n) is 2.23. The third-order valence-corrected chi connectivity index (χ3v) is 4.53. The summed E-state index contributed by atoms with van der Waals surface area (Å²) in [5, 5.41) is 2.36. The van der Waals surface area contributed by atoms with Crippen molar-refractivity contribution in [2.75, 3.05) is 13.6 Å². The van der Waals surface area contributed by atoms with Crippen LogP contribution in [-0.4, -0.2) is 49.3 Å². The van der Waals surface area contributed by atoms with E-state index in [9.17, 15) is 31.2 Å². The molecule has 0 unspecified atom stereocenters. The third kappa shape index (κ3) is 5.28. The van der Waals surface area contributed by atoms with Crippen LogP contribution in [0.5, 0.6) is 5.75 Å². The van der Waals surface area contributed by atoms with Crippen molar-refractivity contribution in [1.82, 2.24) is 15.2 Å². The Morgan fingerprint density at radius 3 is 2.40 bits per heavy atom. The van der Waals surface area contributed by atoms with Gasteiger partial charge >= 0.3 is 21.7 Å². The second-order valence-electron chi connectivity index (χ2n) is 6.39. The number of rotatable bonds is 6. The van der Waals surface area contributed by atoms with Gasteiger partial charge in [-0.25, -0.2) is 9.78 Å². The zero-order chi connectivity index (χ0) is 22.7. The minimum atomic E-state index is -5.82. The van der Waals surface area contributed by atoms with Crippen LogP contribution < -0.4 is 9.50 Å². The van der Waals surface area contributed by atoms with Crippen molar-refractivity contribution in [2.45, 2.75) is 19.4 Å². The van der Waals surface area contributed by atoms with Gasteiger partial charge in [-0.3, -0.25) is 9.69 Å². The number of urea groups is 1. The molecular formula is C17H18F3N3O6S. The van der Waals surface area contributed by atoms with Gasteiger partial charge in [-0.2, -0.15) is 21.6 Å². The normalized spacial score (nSPS) is 12.0. The average Bonchev–Trinajstić information content (AvgIpc) is 3.14. The van der Waals surface area contributed by atoms with E-state index in [0.29, 0.717) is 0 Å². The van der Waals surface area contributed by atoms with Gasteiger partial charge in [0, 0.05) is 13.6 Å². The van der Waals surface area contributed by atoms with E-state index in [1.807, 2.05) is 13.8 Å². The van der Waals surface area contributed by atoms with Gasteiger partial charge in [0.1, 0.15) is 5.69 Å². The molecule has 1 N–H and O–H groups in total. The van der Waals surface area contributed by atoms with Crippen molar-refractivity contribution in [1.29, 1.82) is 0 Å². The van der Waals surface area contributed by atoms with Gasteiger partial charge in [0.2, 0.25) is 0 Å². The molecule has 2 rings (SSSR count). The van der Waals surface area contributed by atoms with Gasteiger partial charge in [-0.1, -0.05) is 13.8 Å². The lowest BCUT2D eigenvalue weighted by atomic mass is 10.2. The second-order valence-corrected chi connectivity index (χ2v) is 7.93. The molecule has 0 saturated heterocycles. The number of amides is 3. The van der Waals surface area contributed by atoms with E-state index >= 15 is 0 Å². The summed E-state index contributed by atoms with van der Waals surface area (Å²) in [4.78, 5) is 29.3. The molecule has 0 aliphatic heterocycles. The molecule has 164 valence electrons. The lowest BCUT2D eigenvalue weighted by Crippen LogP contribution is -2.44. The topological polar surface area (TPSA) is 119 Å². The molecule has 3 amide bonds. The maximum atomic E-state index is 12.6. The average molecular weight is 449 g/mol. The van der Waals surface area contributed by atoms with Crippen LogP contribution in [0.2, 0.25) is 0 Å². The molecule has 30 heavy (non-hydrogen) atoms. The summed E-state index contributed by atoms with van der Waals surface area (Å²) in [6.07, 6.45) is 0.762. The van der Waals surface area contributed by atoms with Gasteiger partial charge in [-0.15, -0.1) is 0 Å². The number of hydrogen-bond donors (Lipinski definition) is 1. The zero-order valence-electron chi connectivity index (χ0n) is 16.1. The molecular weight excluding hydrogens is 431 g/mol. The van der Waals surface area contributed by atoms with Crippen molar-refractivity contribution in [3.63, 3.8) is 0 Å². The van der Waals surface area contributed by atoms with Crippen molar-refractivity contribution < 1.29 is 39.8 Å². The summed E-state index contributed by atoms with van der Waals surface area (Å²) in [5.41, 5.74) is -5.48. The van der Waals surface area contributed by atoms with Gasteiger partial charge in [-0.05, 0) is 30.2 Å². The number of alkyl halides is 3. The minimum Gasteiger partial charge on any atom is -0.449 e. The summed E-state index contributed by atoms with van der Waals surface area (Å²) < 4.78 is 68.4. The summed E-state index contributed by atoms with van der Waals surface area (Å²) in [7, 11) is -4.44. The molecule has 0 bridgehead atoms. The third-order valence-electron chi connectivity index (χ3n) is 3.55. The number of nitrogens with one attached hydrogen (secondary N) is 1. The van der Waals surface area contributed by atoms with Crippen molar-refractivity contribution in [3.05, 3.63) is 36.2 Å². The van der Waals surface area contributed by atoms with Crippen LogP contribution in [0.25, 0.3) is 11.5 Å². The number of furan rings is 1. The van der Waals surface area contributed by atoms with E-state index in [2.05, 4.69) is 14.5 Å². The Kier molecular flexibility index (Phi) is 6.75. The maximum Gasteiger partial charge on any atom is 0.534 e. The lowest BCUT2D eigenvalue weighted by Gasteiger charge is -2.21. The van der Waals surface area contributed by atoms with E-state index < -0.39 is 33.3 Å². The number of halogens is 3. The number of carbonyl (C=O) groups is 2. The number of carbonyl (C=O) groups excluding carboxylic acids is 2. The van der Waals surface area contributed by atoms with Crippen LogP contribution in [0.4, 0.5) is 18.0 Å². The summed E-state index contributed by atoms with van der Waals surface area (Å²) in [6.45, 7) is 3.79. The molecule has 2 heterocycles. The molecule has 9 nitrogen and oxygen atoms in total. The van der Waals surface area contributed by atoms with E-state index in [-0.39, 0.29) is 29.7 Å². The largest absolute Gasteiger partial charge is 0.534 e. The smallest absolute Gasteiger partial charge is 0.449 e. The summed E-state index contributed by atoms with van der Waals surface area (Å²) >= 11 is 0. The Labute approximate surface area is 169 Å². The van der Waals surface area contributed by atoms with Crippen molar-refractivity contribution in [2.24, 2.45) is 5.92 Å². The van der Waals surface area contributed by atoms with Crippen LogP contribution in [0.15, 0.2) is 34.9 Å².